The molecule has 3 amide bonds. The van der Waals surface area contributed by atoms with Crippen molar-refractivity contribution in [1.29, 1.82) is 0 Å². The van der Waals surface area contributed by atoms with Crippen molar-refractivity contribution in [2.24, 2.45) is 5.73 Å². The first-order valence-electron chi connectivity index (χ1n) is 11.3. The van der Waals surface area contributed by atoms with Gasteiger partial charge in [-0.2, -0.15) is 0 Å². The Kier molecular flexibility index (Phi) is 10.0. The first kappa shape index (κ1) is 26.4. The Bertz CT molecular complexity index is 1180. The molecule has 0 aromatic heterocycles. The molecular formula is C26H27N5O5. The lowest BCUT2D eigenvalue weighted by molar-refractivity contribution is -0.130. The van der Waals surface area contributed by atoms with E-state index in [4.69, 9.17) is 15.7 Å². The van der Waals surface area contributed by atoms with E-state index in [-0.39, 0.29) is 12.5 Å². The molecule has 3 rings (SSSR count). The number of hydrogen-bond donors (Lipinski definition) is 5. The summed E-state index contributed by atoms with van der Waals surface area (Å²) in [6, 6.07) is 12.6. The summed E-state index contributed by atoms with van der Waals surface area (Å²) in [5, 5.41) is 14.0. The first-order valence-corrected chi connectivity index (χ1v) is 11.3. The number of amides is 3. The van der Waals surface area contributed by atoms with Crippen LogP contribution in [0.3, 0.4) is 0 Å². The number of morpholine rings is 1. The van der Waals surface area contributed by atoms with Crippen LogP contribution in [0.25, 0.3) is 0 Å². The number of carbonyl (C=O) groups is 3. The Morgan fingerprint density at radius 1 is 0.972 bits per heavy atom. The van der Waals surface area contributed by atoms with Crippen LogP contribution >= 0.6 is 0 Å². The second-order valence-corrected chi connectivity index (χ2v) is 7.83. The Morgan fingerprint density at radius 2 is 1.56 bits per heavy atom. The second-order valence-electron chi connectivity index (χ2n) is 7.83. The van der Waals surface area contributed by atoms with Crippen LogP contribution in [0.1, 0.15) is 21.5 Å². The van der Waals surface area contributed by atoms with Gasteiger partial charge in [0, 0.05) is 42.0 Å². The molecule has 2 aromatic rings. The maximum atomic E-state index is 12.2. The Labute approximate surface area is 209 Å². The molecule has 1 aliphatic rings. The van der Waals surface area contributed by atoms with Crippen LogP contribution in [0.4, 0.5) is 5.69 Å². The van der Waals surface area contributed by atoms with Crippen LogP contribution in [-0.2, 0) is 14.3 Å². The number of nitrogens with zero attached hydrogens (tertiary/aromatic N) is 1. The van der Waals surface area contributed by atoms with Gasteiger partial charge in [-0.15, -0.1) is 0 Å². The predicted octanol–water partition coefficient (Wildman–Crippen LogP) is -0.0770. The van der Waals surface area contributed by atoms with E-state index in [9.17, 15) is 14.4 Å². The summed E-state index contributed by atoms with van der Waals surface area (Å²) in [7, 11) is 0. The van der Waals surface area contributed by atoms with Gasteiger partial charge in [0.15, 0.2) is 0 Å². The largest absolute Gasteiger partial charge is 0.379 e. The summed E-state index contributed by atoms with van der Waals surface area (Å²) in [6.07, 6.45) is 0. The van der Waals surface area contributed by atoms with Gasteiger partial charge in [0.1, 0.15) is 6.04 Å². The minimum atomic E-state index is -1.04. The number of benzene rings is 2. The minimum absolute atomic E-state index is 0.0695. The van der Waals surface area contributed by atoms with E-state index < -0.39 is 17.9 Å². The highest BCUT2D eigenvalue weighted by Crippen LogP contribution is 2.09. The molecule has 0 saturated carbocycles. The van der Waals surface area contributed by atoms with Crippen LogP contribution in [0.15, 0.2) is 48.5 Å². The summed E-state index contributed by atoms with van der Waals surface area (Å²) in [4.78, 5) is 37.9. The summed E-state index contributed by atoms with van der Waals surface area (Å²) in [5.41, 5.74) is 9.31. The van der Waals surface area contributed by atoms with Crippen molar-refractivity contribution >= 4 is 23.4 Å². The highest BCUT2D eigenvalue weighted by atomic mass is 16.5. The van der Waals surface area contributed by atoms with E-state index in [2.05, 4.69) is 39.2 Å². The van der Waals surface area contributed by atoms with Gasteiger partial charge in [-0.25, -0.2) is 5.48 Å². The predicted molar refractivity (Wildman–Crippen MR) is 133 cm³/mol. The molecular weight excluding hydrogens is 462 g/mol. The topological polar surface area (TPSA) is 146 Å². The van der Waals surface area contributed by atoms with Gasteiger partial charge in [-0.3, -0.25) is 24.5 Å². The molecule has 1 fully saturated rings. The van der Waals surface area contributed by atoms with Crippen molar-refractivity contribution in [2.45, 2.75) is 6.04 Å². The lowest BCUT2D eigenvalue weighted by Gasteiger charge is -2.25. The molecule has 0 aliphatic carbocycles. The van der Waals surface area contributed by atoms with Crippen LogP contribution in [0.5, 0.6) is 0 Å². The Hall–Kier alpha value is -4.19. The number of rotatable bonds is 7. The average molecular weight is 490 g/mol. The normalized spacial score (nSPS) is 13.7. The number of hydrogen-bond acceptors (Lipinski definition) is 7. The van der Waals surface area contributed by atoms with Crippen molar-refractivity contribution in [3.8, 4) is 23.7 Å². The van der Waals surface area contributed by atoms with Gasteiger partial charge in [0.2, 0.25) is 5.91 Å². The van der Waals surface area contributed by atoms with E-state index in [0.717, 1.165) is 18.7 Å². The van der Waals surface area contributed by atoms with Gasteiger partial charge in [-0.05, 0) is 60.4 Å². The molecule has 2 aromatic carbocycles. The molecule has 1 heterocycles. The van der Waals surface area contributed by atoms with Crippen molar-refractivity contribution in [1.82, 2.24) is 15.7 Å². The van der Waals surface area contributed by atoms with E-state index >= 15 is 0 Å². The first-order chi connectivity index (χ1) is 17.5. The van der Waals surface area contributed by atoms with Crippen molar-refractivity contribution in [3.05, 3.63) is 65.2 Å². The lowest BCUT2D eigenvalue weighted by atomic mass is 10.1. The minimum Gasteiger partial charge on any atom is -0.379 e. The lowest BCUT2D eigenvalue weighted by Crippen LogP contribution is -2.50. The van der Waals surface area contributed by atoms with Gasteiger partial charge in [-0.1, -0.05) is 11.8 Å². The number of anilines is 1. The molecule has 0 unspecified atom stereocenters. The van der Waals surface area contributed by atoms with E-state index in [0.29, 0.717) is 36.6 Å². The van der Waals surface area contributed by atoms with Crippen LogP contribution < -0.4 is 21.8 Å². The fraction of sp³-hybridized carbons (Fsp3) is 0.269. The van der Waals surface area contributed by atoms with Crippen molar-refractivity contribution < 1.29 is 24.3 Å². The SMILES string of the molecule is NC[C@H](NC(=O)c1ccc(C#CC#Cc2ccc(NC(=O)CN3CCOCC3)cc2)cc1)C(=O)NO. The average Bonchev–Trinajstić information content (AvgIpc) is 2.91. The number of carbonyl (C=O) groups excluding carboxylic acids is 3. The second kappa shape index (κ2) is 13.6. The van der Waals surface area contributed by atoms with Crippen LogP contribution in [0.2, 0.25) is 0 Å². The monoisotopic (exact) mass is 489 g/mol. The zero-order chi connectivity index (χ0) is 25.8. The summed E-state index contributed by atoms with van der Waals surface area (Å²) < 4.78 is 5.28. The number of ether oxygens (including phenoxy) is 1. The molecule has 36 heavy (non-hydrogen) atoms. The van der Waals surface area contributed by atoms with Gasteiger partial charge in [0.25, 0.3) is 11.8 Å². The number of nitrogens with one attached hydrogen (secondary N) is 3. The quantitative estimate of drug-likeness (QED) is 0.208. The number of nitrogens with two attached hydrogens (primary N) is 1. The molecule has 6 N–H and O–H groups in total. The fourth-order valence-corrected chi connectivity index (χ4v) is 3.26. The highest BCUT2D eigenvalue weighted by molar-refractivity contribution is 5.97. The standard InChI is InChI=1S/C26H27N5O5/c27-17-23(26(34)30-35)29-25(33)21-9-5-19(6-10-21)3-1-2-4-20-7-11-22(12-8-20)28-24(32)18-31-13-15-36-16-14-31/h5-12,23,35H,13-18,27H2,(H,28,32)(H,29,33)(H,30,34)/t23-/m0/s1. The molecule has 10 heteroatoms. The number of hydroxylamine groups is 1. The Balaban J connectivity index is 1.50. The molecule has 1 aliphatic heterocycles. The van der Waals surface area contributed by atoms with Crippen LogP contribution in [0, 0.1) is 23.7 Å². The van der Waals surface area contributed by atoms with Crippen LogP contribution in [-0.4, -0.2) is 73.3 Å². The fourth-order valence-electron chi connectivity index (χ4n) is 3.26. The van der Waals surface area contributed by atoms with E-state index in [1.54, 1.807) is 48.5 Å². The molecule has 0 radical (unpaired) electrons. The summed E-state index contributed by atoms with van der Waals surface area (Å²) in [5.74, 6) is 10.0. The highest BCUT2D eigenvalue weighted by Gasteiger charge is 2.19. The molecule has 10 nitrogen and oxygen atoms in total. The maximum absolute atomic E-state index is 12.2. The zero-order valence-electron chi connectivity index (χ0n) is 19.5. The van der Waals surface area contributed by atoms with E-state index in [1.165, 1.54) is 5.48 Å². The molecule has 1 saturated heterocycles. The third-order valence-corrected chi connectivity index (χ3v) is 5.23. The third-order valence-electron chi connectivity index (χ3n) is 5.23. The molecule has 186 valence electrons. The zero-order valence-corrected chi connectivity index (χ0v) is 19.5. The van der Waals surface area contributed by atoms with Crippen molar-refractivity contribution in [2.75, 3.05) is 44.7 Å². The van der Waals surface area contributed by atoms with Gasteiger partial charge in [0.05, 0.1) is 19.8 Å². The smallest absolute Gasteiger partial charge is 0.267 e. The summed E-state index contributed by atoms with van der Waals surface area (Å²) >= 11 is 0. The van der Waals surface area contributed by atoms with E-state index in [1.807, 2.05) is 0 Å². The Morgan fingerprint density at radius 3 is 2.11 bits per heavy atom. The molecule has 1 atom stereocenters. The third kappa shape index (κ3) is 8.24. The maximum Gasteiger partial charge on any atom is 0.267 e. The van der Waals surface area contributed by atoms with Gasteiger partial charge >= 0.3 is 0 Å². The molecule has 0 bridgehead atoms. The summed E-state index contributed by atoms with van der Waals surface area (Å²) in [6.45, 7) is 2.98. The molecule has 0 spiro atoms. The van der Waals surface area contributed by atoms with Gasteiger partial charge < -0.3 is 21.1 Å². The van der Waals surface area contributed by atoms with Crippen molar-refractivity contribution in [3.63, 3.8) is 0 Å².